The van der Waals surface area contributed by atoms with Gasteiger partial charge in [-0.25, -0.2) is 0 Å². The second kappa shape index (κ2) is 8.51. The van der Waals surface area contributed by atoms with E-state index in [-0.39, 0.29) is 0 Å². The summed E-state index contributed by atoms with van der Waals surface area (Å²) in [7, 11) is 0. The van der Waals surface area contributed by atoms with Crippen LogP contribution in [0.25, 0.3) is 0 Å². The molecule has 0 spiro atoms. The molecule has 0 radical (unpaired) electrons. The van der Waals surface area contributed by atoms with Crippen LogP contribution < -0.4 is 5.73 Å². The Balaban J connectivity index is 1.89. The SMILES string of the molecule is CCc1cc(CN2CCCN(CCCN)CC2)n(CC)n1. The highest BCUT2D eigenvalue weighted by molar-refractivity contribution is 5.10. The number of hydrogen-bond donors (Lipinski definition) is 1. The van der Waals surface area contributed by atoms with Crippen LogP contribution in [0.15, 0.2) is 6.07 Å². The molecule has 0 unspecified atom stereocenters. The van der Waals surface area contributed by atoms with E-state index in [1.54, 1.807) is 0 Å². The Kier molecular flexibility index (Phi) is 6.67. The number of hydrogen-bond acceptors (Lipinski definition) is 4. The third kappa shape index (κ3) is 4.80. The van der Waals surface area contributed by atoms with E-state index < -0.39 is 0 Å². The highest BCUT2D eigenvalue weighted by Gasteiger charge is 2.16. The van der Waals surface area contributed by atoms with Crippen LogP contribution in [0.2, 0.25) is 0 Å². The van der Waals surface area contributed by atoms with Gasteiger partial charge < -0.3 is 10.6 Å². The minimum atomic E-state index is 0.801. The first-order valence-electron chi connectivity index (χ1n) is 8.47. The molecule has 2 rings (SSSR count). The highest BCUT2D eigenvalue weighted by Crippen LogP contribution is 2.12. The summed E-state index contributed by atoms with van der Waals surface area (Å²) in [6.45, 7) is 13.0. The van der Waals surface area contributed by atoms with E-state index in [0.717, 1.165) is 45.6 Å². The Bertz CT molecular complexity index is 415. The molecule has 0 bridgehead atoms. The smallest absolute Gasteiger partial charge is 0.0625 e. The second-order valence-corrected chi connectivity index (χ2v) is 5.91. The van der Waals surface area contributed by atoms with Crippen molar-refractivity contribution < 1.29 is 0 Å². The zero-order valence-electron chi connectivity index (χ0n) is 13.7. The fourth-order valence-electron chi connectivity index (χ4n) is 3.04. The van der Waals surface area contributed by atoms with Crippen molar-refractivity contribution in [2.24, 2.45) is 5.73 Å². The van der Waals surface area contributed by atoms with Crippen LogP contribution in [-0.2, 0) is 19.5 Å². The zero-order chi connectivity index (χ0) is 15.1. The van der Waals surface area contributed by atoms with Gasteiger partial charge in [0.25, 0.3) is 0 Å². The highest BCUT2D eigenvalue weighted by atomic mass is 15.3. The first-order chi connectivity index (χ1) is 10.3. The molecule has 0 saturated carbocycles. The summed E-state index contributed by atoms with van der Waals surface area (Å²) in [6, 6.07) is 2.28. The van der Waals surface area contributed by atoms with Gasteiger partial charge in [0.1, 0.15) is 0 Å². The predicted octanol–water partition coefficient (Wildman–Crippen LogP) is 1.32. The average molecular weight is 293 g/mol. The molecule has 0 atom stereocenters. The lowest BCUT2D eigenvalue weighted by molar-refractivity contribution is 0.246. The molecular weight excluding hydrogens is 262 g/mol. The van der Waals surface area contributed by atoms with Crippen molar-refractivity contribution in [3.05, 3.63) is 17.5 Å². The third-order valence-corrected chi connectivity index (χ3v) is 4.32. The van der Waals surface area contributed by atoms with E-state index in [1.165, 1.54) is 37.4 Å². The topological polar surface area (TPSA) is 50.3 Å². The lowest BCUT2D eigenvalue weighted by atomic mass is 10.3. The number of rotatable bonds is 7. The molecule has 2 N–H and O–H groups in total. The van der Waals surface area contributed by atoms with Gasteiger partial charge in [0.15, 0.2) is 0 Å². The number of nitrogens with zero attached hydrogens (tertiary/aromatic N) is 4. The van der Waals surface area contributed by atoms with Crippen molar-refractivity contribution in [3.63, 3.8) is 0 Å². The van der Waals surface area contributed by atoms with Gasteiger partial charge in [-0.05, 0) is 58.4 Å². The van der Waals surface area contributed by atoms with Crippen LogP contribution in [0.4, 0.5) is 0 Å². The molecule has 0 amide bonds. The molecule has 1 aliphatic rings. The molecule has 1 aromatic heterocycles. The van der Waals surface area contributed by atoms with Crippen molar-refractivity contribution in [2.75, 3.05) is 39.3 Å². The minimum absolute atomic E-state index is 0.801. The fraction of sp³-hybridized carbons (Fsp3) is 0.812. The fourth-order valence-corrected chi connectivity index (χ4v) is 3.04. The molecular formula is C16H31N5. The maximum atomic E-state index is 5.61. The summed E-state index contributed by atoms with van der Waals surface area (Å²) in [6.07, 6.45) is 3.39. The van der Waals surface area contributed by atoms with Crippen LogP contribution in [-0.4, -0.2) is 58.8 Å². The quantitative estimate of drug-likeness (QED) is 0.824. The maximum absolute atomic E-state index is 5.61. The molecule has 2 heterocycles. The van der Waals surface area contributed by atoms with Crippen molar-refractivity contribution in [1.82, 2.24) is 19.6 Å². The molecule has 1 aliphatic heterocycles. The van der Waals surface area contributed by atoms with Gasteiger partial charge in [0.2, 0.25) is 0 Å². The van der Waals surface area contributed by atoms with E-state index in [0.29, 0.717) is 0 Å². The van der Waals surface area contributed by atoms with Crippen LogP contribution in [0, 0.1) is 0 Å². The van der Waals surface area contributed by atoms with Crippen molar-refractivity contribution in [1.29, 1.82) is 0 Å². The molecule has 5 nitrogen and oxygen atoms in total. The maximum Gasteiger partial charge on any atom is 0.0625 e. The van der Waals surface area contributed by atoms with Crippen molar-refractivity contribution in [3.8, 4) is 0 Å². The standard InChI is InChI=1S/C16H31N5/c1-3-15-13-16(21(4-2)18-15)14-20-10-6-9-19(11-12-20)8-5-7-17/h13H,3-12,14,17H2,1-2H3. The predicted molar refractivity (Wildman–Crippen MR) is 87.3 cm³/mol. The zero-order valence-corrected chi connectivity index (χ0v) is 13.7. The van der Waals surface area contributed by atoms with E-state index >= 15 is 0 Å². The molecule has 120 valence electrons. The normalized spacial score (nSPS) is 18.0. The van der Waals surface area contributed by atoms with E-state index in [4.69, 9.17) is 5.73 Å². The summed E-state index contributed by atoms with van der Waals surface area (Å²) < 4.78 is 2.16. The number of aromatic nitrogens is 2. The largest absolute Gasteiger partial charge is 0.330 e. The minimum Gasteiger partial charge on any atom is -0.330 e. The Labute approximate surface area is 129 Å². The molecule has 1 aromatic rings. The van der Waals surface area contributed by atoms with E-state index in [1.807, 2.05) is 0 Å². The monoisotopic (exact) mass is 293 g/mol. The van der Waals surface area contributed by atoms with Gasteiger partial charge in [-0.3, -0.25) is 9.58 Å². The molecule has 5 heteroatoms. The summed E-state index contributed by atoms with van der Waals surface area (Å²) >= 11 is 0. The lowest BCUT2D eigenvalue weighted by Gasteiger charge is -2.21. The van der Waals surface area contributed by atoms with Crippen LogP contribution in [0.3, 0.4) is 0 Å². The summed E-state index contributed by atoms with van der Waals surface area (Å²) in [5.41, 5.74) is 8.19. The van der Waals surface area contributed by atoms with Crippen molar-refractivity contribution >= 4 is 0 Å². The van der Waals surface area contributed by atoms with Crippen molar-refractivity contribution in [2.45, 2.75) is 46.2 Å². The Hall–Kier alpha value is -0.910. The summed E-state index contributed by atoms with van der Waals surface area (Å²) in [5.74, 6) is 0. The lowest BCUT2D eigenvalue weighted by Crippen LogP contribution is -2.32. The van der Waals surface area contributed by atoms with Gasteiger partial charge >= 0.3 is 0 Å². The molecule has 1 saturated heterocycles. The van der Waals surface area contributed by atoms with Crippen LogP contribution in [0.1, 0.15) is 38.1 Å². The summed E-state index contributed by atoms with van der Waals surface area (Å²) in [5, 5.41) is 4.66. The van der Waals surface area contributed by atoms with Gasteiger partial charge in [-0.1, -0.05) is 6.92 Å². The third-order valence-electron chi connectivity index (χ3n) is 4.32. The van der Waals surface area contributed by atoms with Gasteiger partial charge in [0.05, 0.1) is 11.4 Å². The first kappa shape index (κ1) is 16.5. The summed E-state index contributed by atoms with van der Waals surface area (Å²) in [4.78, 5) is 5.13. The van der Waals surface area contributed by atoms with Crippen LogP contribution >= 0.6 is 0 Å². The molecule has 1 fully saturated rings. The molecule has 0 aromatic carbocycles. The number of aryl methyl sites for hydroxylation is 2. The molecule has 0 aliphatic carbocycles. The molecule has 21 heavy (non-hydrogen) atoms. The Morgan fingerprint density at radius 1 is 1.14 bits per heavy atom. The van der Waals surface area contributed by atoms with Gasteiger partial charge in [-0.15, -0.1) is 0 Å². The number of nitrogens with two attached hydrogens (primary N) is 1. The van der Waals surface area contributed by atoms with E-state index in [2.05, 4.69) is 39.5 Å². The Morgan fingerprint density at radius 2 is 1.90 bits per heavy atom. The van der Waals surface area contributed by atoms with Crippen LogP contribution in [0.5, 0.6) is 0 Å². The second-order valence-electron chi connectivity index (χ2n) is 5.91. The van der Waals surface area contributed by atoms with Gasteiger partial charge in [0, 0.05) is 26.2 Å². The average Bonchev–Trinajstić information content (AvgIpc) is 2.76. The first-order valence-corrected chi connectivity index (χ1v) is 8.47. The van der Waals surface area contributed by atoms with Gasteiger partial charge in [-0.2, -0.15) is 5.10 Å². The Morgan fingerprint density at radius 3 is 2.62 bits per heavy atom. The van der Waals surface area contributed by atoms with E-state index in [9.17, 15) is 0 Å².